The molecule has 0 unspecified atom stereocenters. The van der Waals surface area contributed by atoms with Crippen molar-refractivity contribution in [1.82, 2.24) is 9.97 Å². The molecule has 1 aromatic carbocycles. The molecule has 88 valence electrons. The summed E-state index contributed by atoms with van der Waals surface area (Å²) in [6.45, 7) is 1.68. The maximum Gasteiger partial charge on any atom is 0.165 e. The SMILES string of the molecule is Cc1c(Cl)nc(-c2cccc(Cl)c2F)nc1Cl. The van der Waals surface area contributed by atoms with Crippen LogP contribution in [-0.4, -0.2) is 9.97 Å². The largest absolute Gasteiger partial charge is 0.216 e. The van der Waals surface area contributed by atoms with Crippen LogP contribution in [0.1, 0.15) is 5.56 Å². The number of nitrogens with zero attached hydrogens (tertiary/aromatic N) is 2. The quantitative estimate of drug-likeness (QED) is 0.720. The highest BCUT2D eigenvalue weighted by molar-refractivity contribution is 6.34. The Morgan fingerprint density at radius 2 is 1.65 bits per heavy atom. The number of benzene rings is 1. The summed E-state index contributed by atoms with van der Waals surface area (Å²) in [5, 5.41) is 0.387. The summed E-state index contributed by atoms with van der Waals surface area (Å²) in [7, 11) is 0. The molecule has 0 aliphatic carbocycles. The van der Waals surface area contributed by atoms with Crippen LogP contribution in [0.2, 0.25) is 15.3 Å². The zero-order chi connectivity index (χ0) is 12.6. The van der Waals surface area contributed by atoms with E-state index in [1.54, 1.807) is 13.0 Å². The van der Waals surface area contributed by atoms with Gasteiger partial charge in [0.25, 0.3) is 0 Å². The van der Waals surface area contributed by atoms with Crippen molar-refractivity contribution in [3.8, 4) is 11.4 Å². The second-order valence-electron chi connectivity index (χ2n) is 3.36. The molecule has 0 aliphatic rings. The highest BCUT2D eigenvalue weighted by atomic mass is 35.5. The molecule has 1 heterocycles. The molecule has 0 aliphatic heterocycles. The molecule has 2 aromatic rings. The molecule has 17 heavy (non-hydrogen) atoms. The van der Waals surface area contributed by atoms with Gasteiger partial charge < -0.3 is 0 Å². The number of hydrogen-bond donors (Lipinski definition) is 0. The van der Waals surface area contributed by atoms with E-state index in [-0.39, 0.29) is 26.7 Å². The van der Waals surface area contributed by atoms with Crippen molar-refractivity contribution >= 4 is 34.8 Å². The van der Waals surface area contributed by atoms with Gasteiger partial charge in [-0.1, -0.05) is 40.9 Å². The van der Waals surface area contributed by atoms with E-state index in [0.29, 0.717) is 5.56 Å². The van der Waals surface area contributed by atoms with Crippen molar-refractivity contribution < 1.29 is 4.39 Å². The van der Waals surface area contributed by atoms with E-state index >= 15 is 0 Å². The van der Waals surface area contributed by atoms with Gasteiger partial charge in [-0.2, -0.15) is 0 Å². The van der Waals surface area contributed by atoms with Crippen molar-refractivity contribution in [1.29, 1.82) is 0 Å². The van der Waals surface area contributed by atoms with Crippen LogP contribution in [0.15, 0.2) is 18.2 Å². The van der Waals surface area contributed by atoms with Crippen molar-refractivity contribution in [2.24, 2.45) is 0 Å². The van der Waals surface area contributed by atoms with Crippen LogP contribution < -0.4 is 0 Å². The topological polar surface area (TPSA) is 25.8 Å². The van der Waals surface area contributed by atoms with Crippen molar-refractivity contribution in [2.45, 2.75) is 6.92 Å². The van der Waals surface area contributed by atoms with E-state index in [1.807, 2.05) is 0 Å². The van der Waals surface area contributed by atoms with Crippen LogP contribution >= 0.6 is 34.8 Å². The molecular formula is C11H6Cl3FN2. The molecule has 2 rings (SSSR count). The Labute approximate surface area is 112 Å². The van der Waals surface area contributed by atoms with E-state index in [2.05, 4.69) is 9.97 Å². The smallest absolute Gasteiger partial charge is 0.165 e. The Hall–Kier alpha value is -0.900. The Bertz CT molecular complexity index is 564. The van der Waals surface area contributed by atoms with E-state index in [9.17, 15) is 4.39 Å². The second-order valence-corrected chi connectivity index (χ2v) is 4.48. The zero-order valence-electron chi connectivity index (χ0n) is 8.64. The normalized spacial score (nSPS) is 10.6. The first kappa shape index (κ1) is 12.6. The standard InChI is InChI=1S/C11H6Cl3FN2/c1-5-9(13)16-11(17-10(5)14)6-3-2-4-7(12)8(6)15/h2-4H,1H3. The van der Waals surface area contributed by atoms with E-state index in [1.165, 1.54) is 12.1 Å². The average Bonchev–Trinajstić information content (AvgIpc) is 2.29. The lowest BCUT2D eigenvalue weighted by atomic mass is 10.2. The molecule has 0 bridgehead atoms. The Balaban J connectivity index is 2.65. The number of hydrogen-bond acceptors (Lipinski definition) is 2. The maximum atomic E-state index is 13.8. The lowest BCUT2D eigenvalue weighted by molar-refractivity contribution is 0.630. The van der Waals surface area contributed by atoms with Gasteiger partial charge in [-0.15, -0.1) is 0 Å². The molecule has 0 fully saturated rings. The zero-order valence-corrected chi connectivity index (χ0v) is 10.9. The first-order chi connectivity index (χ1) is 8.00. The van der Waals surface area contributed by atoms with Crippen molar-refractivity contribution in [3.63, 3.8) is 0 Å². The van der Waals surface area contributed by atoms with Crippen LogP contribution in [0.25, 0.3) is 11.4 Å². The van der Waals surface area contributed by atoms with Gasteiger partial charge in [0.2, 0.25) is 0 Å². The van der Waals surface area contributed by atoms with Gasteiger partial charge >= 0.3 is 0 Å². The van der Waals surface area contributed by atoms with E-state index in [0.717, 1.165) is 0 Å². The van der Waals surface area contributed by atoms with Crippen LogP contribution in [0.5, 0.6) is 0 Å². The van der Waals surface area contributed by atoms with Crippen LogP contribution in [0.4, 0.5) is 4.39 Å². The van der Waals surface area contributed by atoms with Crippen molar-refractivity contribution in [3.05, 3.63) is 44.9 Å². The molecule has 0 radical (unpaired) electrons. The van der Waals surface area contributed by atoms with Gasteiger partial charge in [0.1, 0.15) is 10.3 Å². The molecule has 0 atom stereocenters. The first-order valence-corrected chi connectivity index (χ1v) is 5.78. The summed E-state index contributed by atoms with van der Waals surface area (Å²) < 4.78 is 13.8. The maximum absolute atomic E-state index is 13.8. The Kier molecular flexibility index (Phi) is 3.52. The van der Waals surface area contributed by atoms with Crippen molar-refractivity contribution in [2.75, 3.05) is 0 Å². The van der Waals surface area contributed by atoms with Gasteiger partial charge in [-0.05, 0) is 19.1 Å². The fourth-order valence-electron chi connectivity index (χ4n) is 1.26. The molecule has 0 amide bonds. The average molecular weight is 292 g/mol. The summed E-state index contributed by atoms with van der Waals surface area (Å²) >= 11 is 17.4. The summed E-state index contributed by atoms with van der Waals surface area (Å²) in [6, 6.07) is 4.56. The lowest BCUT2D eigenvalue weighted by Gasteiger charge is -2.06. The molecule has 0 N–H and O–H groups in total. The molecular weight excluding hydrogens is 285 g/mol. The molecule has 6 heteroatoms. The third kappa shape index (κ3) is 2.37. The predicted molar refractivity (Wildman–Crippen MR) is 67.2 cm³/mol. The van der Waals surface area contributed by atoms with Crippen LogP contribution in [0.3, 0.4) is 0 Å². The Morgan fingerprint density at radius 3 is 2.24 bits per heavy atom. The Morgan fingerprint density at radius 1 is 1.06 bits per heavy atom. The van der Waals surface area contributed by atoms with Gasteiger partial charge in [0.05, 0.1) is 10.6 Å². The van der Waals surface area contributed by atoms with Gasteiger partial charge in [-0.3, -0.25) is 0 Å². The van der Waals surface area contributed by atoms with E-state index < -0.39 is 5.82 Å². The molecule has 1 aromatic heterocycles. The predicted octanol–water partition coefficient (Wildman–Crippen LogP) is 4.55. The van der Waals surface area contributed by atoms with E-state index in [4.69, 9.17) is 34.8 Å². The van der Waals surface area contributed by atoms with Gasteiger partial charge in [0, 0.05) is 5.56 Å². The molecule has 2 nitrogen and oxygen atoms in total. The lowest BCUT2D eigenvalue weighted by Crippen LogP contribution is -1.96. The van der Waals surface area contributed by atoms with Gasteiger partial charge in [-0.25, -0.2) is 14.4 Å². The second kappa shape index (κ2) is 4.77. The molecule has 0 spiro atoms. The monoisotopic (exact) mass is 290 g/mol. The minimum Gasteiger partial charge on any atom is -0.216 e. The van der Waals surface area contributed by atoms with Crippen LogP contribution in [0, 0.1) is 12.7 Å². The van der Waals surface area contributed by atoms with Crippen LogP contribution in [-0.2, 0) is 0 Å². The first-order valence-electron chi connectivity index (χ1n) is 4.64. The molecule has 0 saturated heterocycles. The highest BCUT2D eigenvalue weighted by Crippen LogP contribution is 2.28. The minimum atomic E-state index is -0.592. The third-order valence-corrected chi connectivity index (χ3v) is 3.25. The number of rotatable bonds is 1. The summed E-state index contributed by atoms with van der Waals surface area (Å²) in [5.74, 6) is -0.476. The summed E-state index contributed by atoms with van der Waals surface area (Å²) in [6.07, 6.45) is 0. The minimum absolute atomic E-state index is 0.00100. The summed E-state index contributed by atoms with van der Waals surface area (Å²) in [5.41, 5.74) is 0.723. The number of aromatic nitrogens is 2. The highest BCUT2D eigenvalue weighted by Gasteiger charge is 2.14. The number of halogens is 4. The third-order valence-electron chi connectivity index (χ3n) is 2.22. The van der Waals surface area contributed by atoms with Gasteiger partial charge in [0.15, 0.2) is 11.6 Å². The fourth-order valence-corrected chi connectivity index (χ4v) is 1.82. The molecule has 0 saturated carbocycles. The fraction of sp³-hybridized carbons (Fsp3) is 0.0909. The summed E-state index contributed by atoms with van der Waals surface area (Å²) in [4.78, 5) is 7.95.